The smallest absolute Gasteiger partial charge is 0.264 e. The van der Waals surface area contributed by atoms with E-state index in [1.807, 2.05) is 12.1 Å². The number of benzene rings is 3. The highest BCUT2D eigenvalue weighted by Gasteiger charge is 2.48. The minimum absolute atomic E-state index is 0.0905. The fraction of sp³-hybridized carbons (Fsp3) is 0.406. The first kappa shape index (κ1) is 27.6. The summed E-state index contributed by atoms with van der Waals surface area (Å²) < 4.78 is 52.7. The third kappa shape index (κ3) is 5.39. The van der Waals surface area contributed by atoms with E-state index in [1.165, 1.54) is 82.2 Å². The molecule has 0 aromatic heterocycles. The molecular weight excluding hydrogens is 543 g/mol. The van der Waals surface area contributed by atoms with Gasteiger partial charge in [0.1, 0.15) is 12.4 Å². The summed E-state index contributed by atoms with van der Waals surface area (Å²) in [6, 6.07) is 17.2. The molecule has 0 saturated heterocycles. The van der Waals surface area contributed by atoms with Gasteiger partial charge in [-0.2, -0.15) is 0 Å². The second-order valence-electron chi connectivity index (χ2n) is 11.6. The summed E-state index contributed by atoms with van der Waals surface area (Å²) in [6.45, 7) is -0.500. The normalized spacial score (nSPS) is 24.6. The molecular formula is C32H35FN2O5S. The van der Waals surface area contributed by atoms with Gasteiger partial charge in [-0.25, -0.2) is 12.8 Å². The van der Waals surface area contributed by atoms with Crippen LogP contribution >= 0.6 is 0 Å². The molecule has 7 rings (SSSR count). The molecule has 3 aromatic rings. The zero-order valence-corrected chi connectivity index (χ0v) is 24.1. The van der Waals surface area contributed by atoms with E-state index in [0.717, 1.165) is 40.1 Å². The van der Waals surface area contributed by atoms with Crippen molar-refractivity contribution in [3.05, 3.63) is 78.1 Å². The number of rotatable bonds is 9. The van der Waals surface area contributed by atoms with E-state index < -0.39 is 28.3 Å². The van der Waals surface area contributed by atoms with Gasteiger partial charge < -0.3 is 14.8 Å². The first-order valence-electron chi connectivity index (χ1n) is 14.1. The Morgan fingerprint density at radius 3 is 2.05 bits per heavy atom. The number of halogens is 1. The topological polar surface area (TPSA) is 84.9 Å². The first-order chi connectivity index (χ1) is 19.7. The van der Waals surface area contributed by atoms with Gasteiger partial charge in [0.25, 0.3) is 10.0 Å². The molecule has 9 heteroatoms. The lowest BCUT2D eigenvalue weighted by atomic mass is 9.51. The van der Waals surface area contributed by atoms with Crippen LogP contribution < -0.4 is 19.1 Å². The highest BCUT2D eigenvalue weighted by atomic mass is 32.2. The summed E-state index contributed by atoms with van der Waals surface area (Å²) in [6.07, 6.45) is 6.77. The van der Waals surface area contributed by atoms with E-state index in [9.17, 15) is 17.6 Å². The van der Waals surface area contributed by atoms with Crippen molar-refractivity contribution in [2.24, 2.45) is 23.7 Å². The fourth-order valence-corrected chi connectivity index (χ4v) is 9.05. The van der Waals surface area contributed by atoms with Gasteiger partial charge in [0.05, 0.1) is 24.8 Å². The van der Waals surface area contributed by atoms with Gasteiger partial charge in [0.15, 0.2) is 11.5 Å². The van der Waals surface area contributed by atoms with Gasteiger partial charge in [-0.15, -0.1) is 0 Å². The van der Waals surface area contributed by atoms with E-state index in [4.69, 9.17) is 9.47 Å². The van der Waals surface area contributed by atoms with E-state index in [0.29, 0.717) is 17.4 Å². The van der Waals surface area contributed by atoms with Crippen molar-refractivity contribution in [2.45, 2.75) is 42.9 Å². The van der Waals surface area contributed by atoms with E-state index in [2.05, 4.69) is 17.4 Å². The van der Waals surface area contributed by atoms with E-state index in [1.54, 1.807) is 0 Å². The number of amides is 1. The number of ether oxygens (including phenoxy) is 2. The van der Waals surface area contributed by atoms with Crippen molar-refractivity contribution in [1.29, 1.82) is 0 Å². The third-order valence-electron chi connectivity index (χ3n) is 9.15. The summed E-state index contributed by atoms with van der Waals surface area (Å²) in [5, 5.41) is 2.85. The minimum Gasteiger partial charge on any atom is -0.493 e. The predicted octanol–water partition coefficient (Wildman–Crippen LogP) is 6.22. The lowest BCUT2D eigenvalue weighted by molar-refractivity contribution is -0.114. The average molecular weight is 579 g/mol. The second-order valence-corrected chi connectivity index (χ2v) is 13.5. The zero-order valence-electron chi connectivity index (χ0n) is 23.3. The molecule has 0 spiro atoms. The Hall–Kier alpha value is -3.59. The Morgan fingerprint density at radius 1 is 0.854 bits per heavy atom. The number of carbonyl (C=O) groups is 1. The van der Waals surface area contributed by atoms with Crippen LogP contribution in [0.15, 0.2) is 71.6 Å². The Labute approximate surface area is 240 Å². The predicted molar refractivity (Wildman–Crippen MR) is 155 cm³/mol. The van der Waals surface area contributed by atoms with Crippen molar-refractivity contribution in [1.82, 2.24) is 0 Å². The van der Waals surface area contributed by atoms with Gasteiger partial charge in [0.2, 0.25) is 5.91 Å². The number of carbonyl (C=O) groups excluding carboxylic acids is 1. The highest BCUT2D eigenvalue weighted by Crippen LogP contribution is 2.59. The Balaban J connectivity index is 1.21. The summed E-state index contributed by atoms with van der Waals surface area (Å²) >= 11 is 0. The van der Waals surface area contributed by atoms with E-state index in [-0.39, 0.29) is 16.3 Å². The Kier molecular flexibility index (Phi) is 7.40. The Morgan fingerprint density at radius 2 is 1.46 bits per heavy atom. The number of hydrogen-bond donors (Lipinski definition) is 1. The standard InChI is InChI=1S/C32H35FN2O5S/c1-39-29-12-11-28(18-30(29)40-2)41(37,38)35(27-9-5-25(33)6-10-27)19-31(36)34-26-7-3-22(4-8-26)32-23-14-20-13-21(16-23)17-24(32)15-20/h3-12,18,20-21,23-24,32H,13-17,19H2,1-2H3,(H,34,36). The number of sulfonamides is 1. The van der Waals surface area contributed by atoms with E-state index >= 15 is 0 Å². The molecule has 0 aliphatic heterocycles. The summed E-state index contributed by atoms with van der Waals surface area (Å²) in [7, 11) is -1.36. The van der Waals surface area contributed by atoms with Crippen molar-refractivity contribution in [2.75, 3.05) is 30.4 Å². The van der Waals surface area contributed by atoms with Crippen LogP contribution in [0.3, 0.4) is 0 Å². The third-order valence-corrected chi connectivity index (χ3v) is 10.9. The molecule has 4 bridgehead atoms. The quantitative estimate of drug-likeness (QED) is 0.326. The molecule has 1 amide bonds. The molecule has 1 N–H and O–H groups in total. The molecule has 7 nitrogen and oxygen atoms in total. The maximum absolute atomic E-state index is 13.8. The maximum atomic E-state index is 13.8. The molecule has 3 aromatic carbocycles. The second kappa shape index (κ2) is 11.0. The summed E-state index contributed by atoms with van der Waals surface area (Å²) in [5.74, 6) is 3.51. The molecule has 4 aliphatic rings. The number of anilines is 2. The van der Waals surface area contributed by atoms with Gasteiger partial charge in [0, 0.05) is 11.8 Å². The Bertz CT molecular complexity index is 1500. The van der Waals surface area contributed by atoms with Gasteiger partial charge in [-0.3, -0.25) is 9.10 Å². The largest absolute Gasteiger partial charge is 0.493 e. The van der Waals surface area contributed by atoms with Crippen LogP contribution in [0, 0.1) is 29.5 Å². The molecule has 4 fully saturated rings. The minimum atomic E-state index is -4.23. The van der Waals surface area contributed by atoms with Gasteiger partial charge in [-0.05, 0) is 116 Å². The molecule has 0 heterocycles. The molecule has 0 radical (unpaired) electrons. The van der Waals surface area contributed by atoms with Crippen LogP contribution in [0.5, 0.6) is 11.5 Å². The summed E-state index contributed by atoms with van der Waals surface area (Å²) in [5.41, 5.74) is 2.10. The number of methoxy groups -OCH3 is 2. The van der Waals surface area contributed by atoms with Crippen molar-refractivity contribution in [3.8, 4) is 11.5 Å². The molecule has 41 heavy (non-hydrogen) atoms. The lowest BCUT2D eigenvalue weighted by Gasteiger charge is -2.54. The summed E-state index contributed by atoms with van der Waals surface area (Å²) in [4.78, 5) is 13.1. The first-order valence-corrected chi connectivity index (χ1v) is 15.6. The molecule has 216 valence electrons. The fourth-order valence-electron chi connectivity index (χ4n) is 7.62. The number of nitrogens with zero attached hydrogens (tertiary/aromatic N) is 1. The van der Waals surface area contributed by atoms with Crippen LogP contribution in [0.1, 0.15) is 43.6 Å². The van der Waals surface area contributed by atoms with Crippen LogP contribution in [-0.2, 0) is 14.8 Å². The number of nitrogens with one attached hydrogen (secondary N) is 1. The highest BCUT2D eigenvalue weighted by molar-refractivity contribution is 7.92. The molecule has 4 saturated carbocycles. The van der Waals surface area contributed by atoms with Crippen LogP contribution in [-0.4, -0.2) is 35.1 Å². The van der Waals surface area contributed by atoms with Crippen molar-refractivity contribution in [3.63, 3.8) is 0 Å². The molecule has 4 aliphatic carbocycles. The van der Waals surface area contributed by atoms with Gasteiger partial charge in [-0.1, -0.05) is 12.1 Å². The van der Waals surface area contributed by atoms with Crippen LogP contribution in [0.25, 0.3) is 0 Å². The molecule has 0 unspecified atom stereocenters. The SMILES string of the molecule is COc1ccc(S(=O)(=O)N(CC(=O)Nc2ccc(C3C4CC5CC(C4)CC3C5)cc2)c2ccc(F)cc2)cc1OC. The van der Waals surface area contributed by atoms with Crippen molar-refractivity contribution < 1.29 is 27.1 Å². The van der Waals surface area contributed by atoms with Crippen LogP contribution in [0.2, 0.25) is 0 Å². The monoisotopic (exact) mass is 578 g/mol. The zero-order chi connectivity index (χ0) is 28.7. The maximum Gasteiger partial charge on any atom is 0.264 e. The number of hydrogen-bond acceptors (Lipinski definition) is 5. The lowest BCUT2D eigenvalue weighted by Crippen LogP contribution is -2.43. The van der Waals surface area contributed by atoms with Gasteiger partial charge >= 0.3 is 0 Å². The molecule has 0 atom stereocenters. The van der Waals surface area contributed by atoms with Crippen LogP contribution in [0.4, 0.5) is 15.8 Å². The average Bonchev–Trinajstić information content (AvgIpc) is 2.96. The van der Waals surface area contributed by atoms with Crippen molar-refractivity contribution >= 4 is 27.3 Å².